The summed E-state index contributed by atoms with van der Waals surface area (Å²) in [7, 11) is 1.98. The first-order valence-electron chi connectivity index (χ1n) is 7.38. The summed E-state index contributed by atoms with van der Waals surface area (Å²) in [5.41, 5.74) is 5.56. The van der Waals surface area contributed by atoms with Crippen molar-refractivity contribution in [3.05, 3.63) is 0 Å². The fraction of sp³-hybridized carbons (Fsp3) is 0.929. The SMILES string of the molecule is CN(CC1CCC1)C(=O)C1CCN(CCN)CC1. The third-order valence-corrected chi connectivity index (χ3v) is 4.52. The number of hydrogen-bond acceptors (Lipinski definition) is 3. The van der Waals surface area contributed by atoms with Gasteiger partial charge in [0.25, 0.3) is 0 Å². The maximum absolute atomic E-state index is 12.3. The van der Waals surface area contributed by atoms with Crippen LogP contribution in [0.5, 0.6) is 0 Å². The molecule has 1 saturated heterocycles. The van der Waals surface area contributed by atoms with Gasteiger partial charge in [0.2, 0.25) is 5.91 Å². The number of carbonyl (C=O) groups is 1. The molecule has 18 heavy (non-hydrogen) atoms. The fourth-order valence-electron chi connectivity index (χ4n) is 3.05. The lowest BCUT2D eigenvalue weighted by atomic mass is 9.85. The maximum atomic E-state index is 12.3. The van der Waals surface area contributed by atoms with Crippen LogP contribution in [0.4, 0.5) is 0 Å². The van der Waals surface area contributed by atoms with E-state index in [-0.39, 0.29) is 5.92 Å². The summed E-state index contributed by atoms with van der Waals surface area (Å²) < 4.78 is 0. The molecule has 4 nitrogen and oxygen atoms in total. The highest BCUT2D eigenvalue weighted by molar-refractivity contribution is 5.78. The maximum Gasteiger partial charge on any atom is 0.225 e. The van der Waals surface area contributed by atoms with Gasteiger partial charge in [0.15, 0.2) is 0 Å². The Kier molecular flexibility index (Phi) is 5.01. The van der Waals surface area contributed by atoms with E-state index in [9.17, 15) is 4.79 Å². The van der Waals surface area contributed by atoms with Gasteiger partial charge in [-0.15, -0.1) is 0 Å². The molecule has 0 atom stereocenters. The highest BCUT2D eigenvalue weighted by Crippen LogP contribution is 2.28. The van der Waals surface area contributed by atoms with Crippen LogP contribution in [0.15, 0.2) is 0 Å². The van der Waals surface area contributed by atoms with Crippen molar-refractivity contribution in [2.45, 2.75) is 32.1 Å². The summed E-state index contributed by atoms with van der Waals surface area (Å²) >= 11 is 0. The molecule has 2 aliphatic rings. The van der Waals surface area contributed by atoms with Crippen molar-refractivity contribution in [2.24, 2.45) is 17.6 Å². The van der Waals surface area contributed by atoms with E-state index < -0.39 is 0 Å². The summed E-state index contributed by atoms with van der Waals surface area (Å²) in [5.74, 6) is 1.40. The molecule has 1 saturated carbocycles. The van der Waals surface area contributed by atoms with Crippen molar-refractivity contribution in [3.63, 3.8) is 0 Å². The molecule has 2 rings (SSSR count). The molecule has 1 heterocycles. The lowest BCUT2D eigenvalue weighted by molar-refractivity contribution is -0.136. The van der Waals surface area contributed by atoms with E-state index in [0.29, 0.717) is 5.91 Å². The third kappa shape index (κ3) is 3.45. The minimum Gasteiger partial charge on any atom is -0.345 e. The summed E-state index contributed by atoms with van der Waals surface area (Å²) in [5, 5.41) is 0. The van der Waals surface area contributed by atoms with Gasteiger partial charge in [-0.1, -0.05) is 6.42 Å². The average molecular weight is 253 g/mol. The predicted octanol–water partition coefficient (Wildman–Crippen LogP) is 0.916. The molecule has 1 aliphatic carbocycles. The zero-order valence-electron chi connectivity index (χ0n) is 11.6. The van der Waals surface area contributed by atoms with Gasteiger partial charge in [-0.05, 0) is 44.7 Å². The predicted molar refractivity (Wildman–Crippen MR) is 73.2 cm³/mol. The highest BCUT2D eigenvalue weighted by atomic mass is 16.2. The van der Waals surface area contributed by atoms with Gasteiger partial charge in [0.1, 0.15) is 0 Å². The van der Waals surface area contributed by atoms with E-state index in [2.05, 4.69) is 4.90 Å². The number of likely N-dealkylation sites (tertiary alicyclic amines) is 1. The molecule has 0 bridgehead atoms. The Labute approximate surface area is 110 Å². The molecule has 2 N–H and O–H groups in total. The van der Waals surface area contributed by atoms with Crippen LogP contribution in [0.1, 0.15) is 32.1 Å². The first kappa shape index (κ1) is 13.8. The van der Waals surface area contributed by atoms with Crippen LogP contribution in [0.25, 0.3) is 0 Å². The smallest absolute Gasteiger partial charge is 0.225 e. The van der Waals surface area contributed by atoms with E-state index >= 15 is 0 Å². The largest absolute Gasteiger partial charge is 0.345 e. The Hall–Kier alpha value is -0.610. The van der Waals surface area contributed by atoms with Crippen molar-refractivity contribution >= 4 is 5.91 Å². The Morgan fingerprint density at radius 3 is 2.44 bits per heavy atom. The molecular formula is C14H27N3O. The zero-order valence-corrected chi connectivity index (χ0v) is 11.6. The normalized spacial score (nSPS) is 22.8. The van der Waals surface area contributed by atoms with Gasteiger partial charge in [0, 0.05) is 32.6 Å². The quantitative estimate of drug-likeness (QED) is 0.792. The minimum absolute atomic E-state index is 0.254. The summed E-state index contributed by atoms with van der Waals surface area (Å²) in [6, 6.07) is 0. The van der Waals surface area contributed by atoms with Crippen LogP contribution in [-0.2, 0) is 4.79 Å². The zero-order chi connectivity index (χ0) is 13.0. The Morgan fingerprint density at radius 1 is 1.28 bits per heavy atom. The van der Waals surface area contributed by atoms with E-state index in [1.807, 2.05) is 11.9 Å². The Bertz CT molecular complexity index is 270. The second-order valence-corrected chi connectivity index (χ2v) is 5.92. The first-order chi connectivity index (χ1) is 8.70. The average Bonchev–Trinajstić information content (AvgIpc) is 2.34. The van der Waals surface area contributed by atoms with Crippen molar-refractivity contribution in [1.82, 2.24) is 9.80 Å². The lowest BCUT2D eigenvalue weighted by Gasteiger charge is -2.35. The molecule has 0 aromatic carbocycles. The molecular weight excluding hydrogens is 226 g/mol. The third-order valence-electron chi connectivity index (χ3n) is 4.52. The van der Waals surface area contributed by atoms with Crippen LogP contribution in [-0.4, -0.2) is 55.5 Å². The summed E-state index contributed by atoms with van der Waals surface area (Å²) in [6.45, 7) is 4.73. The molecule has 0 radical (unpaired) electrons. The number of hydrogen-bond donors (Lipinski definition) is 1. The number of rotatable bonds is 5. The fourth-order valence-corrected chi connectivity index (χ4v) is 3.05. The van der Waals surface area contributed by atoms with Crippen LogP contribution >= 0.6 is 0 Å². The van der Waals surface area contributed by atoms with Crippen molar-refractivity contribution in [2.75, 3.05) is 39.8 Å². The van der Waals surface area contributed by atoms with Crippen LogP contribution in [0.2, 0.25) is 0 Å². The second-order valence-electron chi connectivity index (χ2n) is 5.92. The molecule has 2 fully saturated rings. The number of nitrogens with two attached hydrogens (primary N) is 1. The van der Waals surface area contributed by atoms with Gasteiger partial charge < -0.3 is 15.5 Å². The number of carbonyl (C=O) groups excluding carboxylic acids is 1. The Morgan fingerprint density at radius 2 is 1.94 bits per heavy atom. The van der Waals surface area contributed by atoms with Gasteiger partial charge in [-0.25, -0.2) is 0 Å². The molecule has 1 amide bonds. The van der Waals surface area contributed by atoms with Gasteiger partial charge in [-0.3, -0.25) is 4.79 Å². The van der Waals surface area contributed by atoms with Crippen molar-refractivity contribution < 1.29 is 4.79 Å². The minimum atomic E-state index is 0.254. The second kappa shape index (κ2) is 6.53. The molecule has 104 valence electrons. The van der Waals surface area contributed by atoms with Crippen molar-refractivity contribution in [3.8, 4) is 0 Å². The highest BCUT2D eigenvalue weighted by Gasteiger charge is 2.28. The van der Waals surface area contributed by atoms with Crippen molar-refractivity contribution in [1.29, 1.82) is 0 Å². The lowest BCUT2D eigenvalue weighted by Crippen LogP contribution is -2.44. The molecule has 0 aromatic heterocycles. The van der Waals surface area contributed by atoms with Crippen LogP contribution < -0.4 is 5.73 Å². The van der Waals surface area contributed by atoms with Gasteiger partial charge >= 0.3 is 0 Å². The number of piperidine rings is 1. The molecule has 0 aromatic rings. The Balaban J connectivity index is 1.72. The van der Waals surface area contributed by atoms with Gasteiger partial charge in [0.05, 0.1) is 0 Å². The molecule has 1 aliphatic heterocycles. The molecule has 4 heteroatoms. The molecule has 0 unspecified atom stereocenters. The summed E-state index contributed by atoms with van der Waals surface area (Å²) in [4.78, 5) is 16.7. The number of amides is 1. The van der Waals surface area contributed by atoms with E-state index in [0.717, 1.165) is 51.5 Å². The first-order valence-corrected chi connectivity index (χ1v) is 7.38. The van der Waals surface area contributed by atoms with E-state index in [1.165, 1.54) is 19.3 Å². The summed E-state index contributed by atoms with van der Waals surface area (Å²) in [6.07, 6.45) is 5.99. The number of nitrogens with zero attached hydrogens (tertiary/aromatic N) is 2. The van der Waals surface area contributed by atoms with Crippen LogP contribution in [0.3, 0.4) is 0 Å². The standard InChI is InChI=1S/C14H27N3O/c1-16(11-12-3-2-4-12)14(18)13-5-8-17(9-6-13)10-7-15/h12-13H,2-11,15H2,1H3. The van der Waals surface area contributed by atoms with E-state index in [4.69, 9.17) is 5.73 Å². The monoisotopic (exact) mass is 253 g/mol. The molecule has 0 spiro atoms. The van der Waals surface area contributed by atoms with Crippen LogP contribution in [0, 0.1) is 11.8 Å². The van der Waals surface area contributed by atoms with E-state index in [1.54, 1.807) is 0 Å². The van der Waals surface area contributed by atoms with Gasteiger partial charge in [-0.2, -0.15) is 0 Å². The topological polar surface area (TPSA) is 49.6 Å².